The highest BCUT2D eigenvalue weighted by molar-refractivity contribution is 6.36. The van der Waals surface area contributed by atoms with E-state index < -0.39 is 6.61 Å². The number of ether oxygens (including phenoxy) is 3. The second-order valence-electron chi connectivity index (χ2n) is 14.1. The number of carbonyl (C=O) groups excluding carboxylic acids is 2. The number of carbonyl (C=O) groups is 2. The summed E-state index contributed by atoms with van der Waals surface area (Å²) in [5.74, 6) is 1.19. The topological polar surface area (TPSA) is 112 Å². The Bertz CT molecular complexity index is 2030. The van der Waals surface area contributed by atoms with Crippen molar-refractivity contribution in [3.63, 3.8) is 0 Å². The molecule has 2 aromatic heterocycles. The van der Waals surface area contributed by atoms with Crippen LogP contribution in [0.15, 0.2) is 54.6 Å². The van der Waals surface area contributed by atoms with Crippen LogP contribution in [0.2, 0.25) is 10.0 Å². The van der Waals surface area contributed by atoms with Crippen LogP contribution in [-0.4, -0.2) is 48.0 Å². The monoisotopic (exact) mass is 778 g/mol. The zero-order valence-corrected chi connectivity index (χ0v) is 31.5. The van der Waals surface area contributed by atoms with E-state index in [1.165, 1.54) is 0 Å². The van der Waals surface area contributed by atoms with Crippen molar-refractivity contribution in [1.82, 2.24) is 20.6 Å². The molecule has 3 atom stereocenters. The molecule has 2 fully saturated rings. The Morgan fingerprint density at radius 2 is 1.72 bits per heavy atom. The molecule has 4 aromatic rings. The number of ketones is 1. The molecule has 1 amide bonds. The summed E-state index contributed by atoms with van der Waals surface area (Å²) in [4.78, 5) is 32.3. The summed E-state index contributed by atoms with van der Waals surface area (Å²) in [6, 6.07) is 17.1. The Hall–Kier alpha value is -4.32. The maximum atomic E-state index is 13.5. The summed E-state index contributed by atoms with van der Waals surface area (Å²) in [7, 11) is 1.58. The molecule has 2 aromatic carbocycles. The smallest absolute Gasteiger partial charge is 0.388 e. The minimum absolute atomic E-state index is 0.110. The Morgan fingerprint density at radius 3 is 2.48 bits per heavy atom. The number of aryl methyl sites for hydroxylation is 1. The van der Waals surface area contributed by atoms with Crippen molar-refractivity contribution >= 4 is 34.9 Å². The van der Waals surface area contributed by atoms with Gasteiger partial charge in [-0.15, -0.1) is 0 Å². The highest BCUT2D eigenvalue weighted by atomic mass is 35.5. The van der Waals surface area contributed by atoms with E-state index in [1.807, 2.05) is 42.5 Å². The molecule has 7 rings (SSSR count). The number of nitrogens with one attached hydrogen (secondary N) is 2. The predicted molar refractivity (Wildman–Crippen MR) is 202 cm³/mol. The molecule has 1 saturated carbocycles. The molecule has 1 aliphatic heterocycles. The molecule has 54 heavy (non-hydrogen) atoms. The number of alkyl halides is 2. The van der Waals surface area contributed by atoms with Crippen LogP contribution >= 0.6 is 23.2 Å². The number of pyridine rings is 2. The summed E-state index contributed by atoms with van der Waals surface area (Å²) >= 11 is 13.8. The number of hydrogen-bond acceptors (Lipinski definition) is 8. The lowest BCUT2D eigenvalue weighted by molar-refractivity contribution is -0.119. The Morgan fingerprint density at radius 1 is 0.907 bits per heavy atom. The van der Waals surface area contributed by atoms with Gasteiger partial charge in [0.1, 0.15) is 16.9 Å². The zero-order valence-electron chi connectivity index (χ0n) is 29.9. The highest BCUT2D eigenvalue weighted by Crippen LogP contribution is 2.45. The largest absolute Gasteiger partial charge is 0.481 e. The SMILES string of the molecule is COc1nc(O[C@H]2CCc3c(-c4cccc(-c5ccc(CNC[C@@H]6CCC(=O)C6)c(OC(F)F)n5)c4Cl)cccc32)c(Cl)cc1CCC[C@@H]1CCC(=O)N1. The van der Waals surface area contributed by atoms with Crippen molar-refractivity contribution in [2.75, 3.05) is 13.7 Å². The number of halogens is 4. The van der Waals surface area contributed by atoms with Gasteiger partial charge in [-0.2, -0.15) is 13.8 Å². The molecule has 0 unspecified atom stereocenters. The van der Waals surface area contributed by atoms with Crippen LogP contribution < -0.4 is 24.8 Å². The van der Waals surface area contributed by atoms with Crippen molar-refractivity contribution in [3.05, 3.63) is 86.9 Å². The van der Waals surface area contributed by atoms with Crippen LogP contribution in [0, 0.1) is 5.92 Å². The van der Waals surface area contributed by atoms with E-state index in [0.29, 0.717) is 77.3 Å². The number of nitrogens with zero attached hydrogens (tertiary/aromatic N) is 2. The first kappa shape index (κ1) is 38.0. The standard InChI is InChI=1S/C41H42Cl2F2N4O5/c1-52-38-24(5-2-6-26-13-18-36(51)47-26)20-33(42)40(49-38)53-35-17-15-29-28(7-3-8-30(29)35)31-9-4-10-32(37(31)43)34-16-12-25(39(48-34)54-41(44)45)22-46-21-23-11-14-27(50)19-23/h3-4,7-10,12,16,20,23,26,35,41,46H,2,5-6,11,13-15,17-19,21-22H2,1H3,(H,47,51)/t23-,26-,35+/m1/s1. The predicted octanol–water partition coefficient (Wildman–Crippen LogP) is 8.85. The number of benzene rings is 2. The number of fused-ring (bicyclic) bond motifs is 1. The molecular weight excluding hydrogens is 737 g/mol. The van der Waals surface area contributed by atoms with Gasteiger partial charge in [-0.05, 0) is 86.2 Å². The fourth-order valence-electron chi connectivity index (χ4n) is 7.85. The van der Waals surface area contributed by atoms with Gasteiger partial charge in [-0.3, -0.25) is 9.59 Å². The number of rotatable bonds is 15. The second kappa shape index (κ2) is 17.0. The van der Waals surface area contributed by atoms with Gasteiger partial charge < -0.3 is 24.8 Å². The lowest BCUT2D eigenvalue weighted by atomic mass is 9.94. The van der Waals surface area contributed by atoms with E-state index in [2.05, 4.69) is 20.6 Å². The fraction of sp³-hybridized carbons (Fsp3) is 0.415. The molecule has 3 aliphatic rings. The van der Waals surface area contributed by atoms with Gasteiger partial charge in [0.15, 0.2) is 0 Å². The Kier molecular flexibility index (Phi) is 12.0. The van der Waals surface area contributed by atoms with Gasteiger partial charge >= 0.3 is 6.61 Å². The summed E-state index contributed by atoms with van der Waals surface area (Å²) in [6.07, 6.45) is 6.96. The lowest BCUT2D eigenvalue weighted by Gasteiger charge is -2.18. The maximum Gasteiger partial charge on any atom is 0.388 e. The van der Waals surface area contributed by atoms with Gasteiger partial charge in [0.05, 0.1) is 17.8 Å². The van der Waals surface area contributed by atoms with Gasteiger partial charge in [0.25, 0.3) is 0 Å². The van der Waals surface area contributed by atoms with E-state index in [-0.39, 0.29) is 42.2 Å². The Labute approximate surface area is 323 Å². The van der Waals surface area contributed by atoms with Gasteiger partial charge in [0.2, 0.25) is 23.5 Å². The van der Waals surface area contributed by atoms with Crippen molar-refractivity contribution in [3.8, 4) is 40.0 Å². The molecule has 13 heteroatoms. The molecule has 1 saturated heterocycles. The van der Waals surface area contributed by atoms with Crippen LogP contribution in [0.1, 0.15) is 79.7 Å². The van der Waals surface area contributed by atoms with Gasteiger partial charge in [0, 0.05) is 54.1 Å². The lowest BCUT2D eigenvalue weighted by Crippen LogP contribution is -2.25. The van der Waals surface area contributed by atoms with Crippen LogP contribution in [0.25, 0.3) is 22.4 Å². The van der Waals surface area contributed by atoms with Crippen LogP contribution in [0.3, 0.4) is 0 Å². The molecule has 3 heterocycles. The first-order valence-corrected chi connectivity index (χ1v) is 19.2. The van der Waals surface area contributed by atoms with E-state index in [4.69, 9.17) is 37.4 Å². The summed E-state index contributed by atoms with van der Waals surface area (Å²) < 4.78 is 43.9. The average molecular weight is 780 g/mol. The number of aromatic nitrogens is 2. The van der Waals surface area contributed by atoms with E-state index in [0.717, 1.165) is 59.9 Å². The number of methoxy groups -OCH3 is 1. The third-order valence-corrected chi connectivity index (χ3v) is 11.2. The molecule has 0 radical (unpaired) electrons. The van der Waals surface area contributed by atoms with Crippen molar-refractivity contribution in [2.24, 2.45) is 5.92 Å². The average Bonchev–Trinajstić information content (AvgIpc) is 3.89. The van der Waals surface area contributed by atoms with Crippen LogP contribution in [-0.2, 0) is 29.0 Å². The summed E-state index contributed by atoms with van der Waals surface area (Å²) in [6.45, 7) is -2.17. The van der Waals surface area contributed by atoms with Gasteiger partial charge in [-0.1, -0.05) is 65.7 Å². The highest BCUT2D eigenvalue weighted by Gasteiger charge is 2.30. The van der Waals surface area contributed by atoms with Crippen LogP contribution in [0.5, 0.6) is 17.6 Å². The first-order valence-electron chi connectivity index (χ1n) is 18.4. The van der Waals surface area contributed by atoms with Crippen molar-refractivity contribution < 1.29 is 32.6 Å². The minimum Gasteiger partial charge on any atom is -0.481 e. The number of Topliss-reactive ketones (excluding diaryl/α,β-unsaturated/α-hetero) is 1. The second-order valence-corrected chi connectivity index (χ2v) is 14.9. The summed E-state index contributed by atoms with van der Waals surface area (Å²) in [5.41, 5.74) is 6.15. The van der Waals surface area contributed by atoms with E-state index in [1.54, 1.807) is 19.2 Å². The first-order chi connectivity index (χ1) is 26.2. The number of amides is 1. The maximum absolute atomic E-state index is 13.5. The molecule has 9 nitrogen and oxygen atoms in total. The van der Waals surface area contributed by atoms with E-state index >= 15 is 0 Å². The fourth-order valence-corrected chi connectivity index (χ4v) is 8.39. The van der Waals surface area contributed by atoms with Crippen molar-refractivity contribution in [2.45, 2.75) is 89.5 Å². The molecule has 2 N–H and O–H groups in total. The Balaban J connectivity index is 1.08. The van der Waals surface area contributed by atoms with Crippen LogP contribution in [0.4, 0.5) is 8.78 Å². The zero-order chi connectivity index (χ0) is 37.8. The van der Waals surface area contributed by atoms with Crippen molar-refractivity contribution in [1.29, 1.82) is 0 Å². The minimum atomic E-state index is -3.05. The molecule has 2 aliphatic carbocycles. The number of hydrogen-bond donors (Lipinski definition) is 2. The van der Waals surface area contributed by atoms with E-state index in [9.17, 15) is 18.4 Å². The summed E-state index contributed by atoms with van der Waals surface area (Å²) in [5, 5.41) is 7.11. The molecular formula is C41H42Cl2F2N4O5. The molecule has 284 valence electrons. The third-order valence-electron chi connectivity index (χ3n) is 10.5. The molecule has 0 spiro atoms. The normalized spacial score (nSPS) is 19.3. The molecule has 0 bridgehead atoms. The van der Waals surface area contributed by atoms with Gasteiger partial charge in [-0.25, -0.2) is 4.98 Å². The quantitative estimate of drug-likeness (QED) is 0.123. The third kappa shape index (κ3) is 8.64.